The van der Waals surface area contributed by atoms with Crippen LogP contribution in [0.1, 0.15) is 17.9 Å². The summed E-state index contributed by atoms with van der Waals surface area (Å²) in [6.07, 6.45) is 0.934. The van der Waals surface area contributed by atoms with Crippen LogP contribution >= 0.6 is 15.9 Å². The molecule has 1 atom stereocenters. The minimum atomic E-state index is -0.219. The number of rotatable bonds is 1. The van der Waals surface area contributed by atoms with Gasteiger partial charge in [0.15, 0.2) is 11.5 Å². The van der Waals surface area contributed by atoms with Gasteiger partial charge in [0.1, 0.15) is 19.0 Å². The molecular weight excluding hydrogens is 289 g/mol. The molecule has 92 valence electrons. The minimum absolute atomic E-state index is 0.169. The van der Waals surface area contributed by atoms with E-state index in [1.54, 1.807) is 6.07 Å². The first kappa shape index (κ1) is 11.3. The molecule has 17 heavy (non-hydrogen) atoms. The fourth-order valence-electron chi connectivity index (χ4n) is 2.42. The first-order chi connectivity index (χ1) is 8.27. The Kier molecular flexibility index (Phi) is 2.96. The highest BCUT2D eigenvalue weighted by Gasteiger charge is 2.29. The Morgan fingerprint density at radius 3 is 2.94 bits per heavy atom. The standard InChI is InChI=1S/C12H13BrFNO2/c13-8-5-9-12(17-4-3-16-9)10(11(8)14)7-1-2-15-6-7/h5,7,15H,1-4,6H2. The summed E-state index contributed by atoms with van der Waals surface area (Å²) in [6, 6.07) is 1.65. The van der Waals surface area contributed by atoms with Crippen LogP contribution in [0, 0.1) is 5.82 Å². The summed E-state index contributed by atoms with van der Waals surface area (Å²) < 4.78 is 25.8. The molecule has 3 rings (SSSR count). The van der Waals surface area contributed by atoms with Crippen molar-refractivity contribution in [3.05, 3.63) is 21.9 Å². The predicted octanol–water partition coefficient (Wildman–Crippen LogP) is 2.44. The molecule has 0 aliphatic carbocycles. The van der Waals surface area contributed by atoms with Gasteiger partial charge in [0.25, 0.3) is 0 Å². The highest BCUT2D eigenvalue weighted by molar-refractivity contribution is 9.10. The maximum atomic E-state index is 14.2. The molecule has 1 fully saturated rings. The number of fused-ring (bicyclic) bond motifs is 1. The lowest BCUT2D eigenvalue weighted by atomic mass is 9.96. The molecule has 0 bridgehead atoms. The van der Waals surface area contributed by atoms with E-state index in [9.17, 15) is 4.39 Å². The Hall–Kier alpha value is -0.810. The van der Waals surface area contributed by atoms with Gasteiger partial charge < -0.3 is 14.8 Å². The van der Waals surface area contributed by atoms with Crippen molar-refractivity contribution in [3.8, 4) is 11.5 Å². The molecule has 1 unspecified atom stereocenters. The van der Waals surface area contributed by atoms with E-state index in [1.165, 1.54) is 0 Å². The minimum Gasteiger partial charge on any atom is -0.486 e. The van der Waals surface area contributed by atoms with Gasteiger partial charge in [-0.15, -0.1) is 0 Å². The number of hydrogen-bond donors (Lipinski definition) is 1. The van der Waals surface area contributed by atoms with Crippen LogP contribution in [0.15, 0.2) is 10.5 Å². The van der Waals surface area contributed by atoms with Crippen molar-refractivity contribution in [1.82, 2.24) is 5.32 Å². The van der Waals surface area contributed by atoms with Crippen molar-refractivity contribution in [3.63, 3.8) is 0 Å². The number of halogens is 2. The molecule has 1 aromatic carbocycles. The van der Waals surface area contributed by atoms with Gasteiger partial charge in [0.2, 0.25) is 0 Å². The zero-order chi connectivity index (χ0) is 11.8. The van der Waals surface area contributed by atoms with Crippen LogP contribution < -0.4 is 14.8 Å². The lowest BCUT2D eigenvalue weighted by molar-refractivity contribution is 0.168. The van der Waals surface area contributed by atoms with E-state index in [1.807, 2.05) is 0 Å². The van der Waals surface area contributed by atoms with Crippen LogP contribution in [0.3, 0.4) is 0 Å². The molecule has 1 N–H and O–H groups in total. The van der Waals surface area contributed by atoms with Crippen molar-refractivity contribution in [1.29, 1.82) is 0 Å². The molecule has 0 saturated carbocycles. The lowest BCUT2D eigenvalue weighted by Gasteiger charge is -2.24. The zero-order valence-corrected chi connectivity index (χ0v) is 10.8. The quantitative estimate of drug-likeness (QED) is 0.864. The van der Waals surface area contributed by atoms with Crippen molar-refractivity contribution >= 4 is 15.9 Å². The van der Waals surface area contributed by atoms with Gasteiger partial charge in [-0.3, -0.25) is 0 Å². The molecule has 0 spiro atoms. The molecule has 2 aliphatic heterocycles. The Morgan fingerprint density at radius 2 is 2.18 bits per heavy atom. The number of hydrogen-bond acceptors (Lipinski definition) is 3. The molecular formula is C12H13BrFNO2. The molecule has 3 nitrogen and oxygen atoms in total. The van der Waals surface area contributed by atoms with E-state index in [4.69, 9.17) is 9.47 Å². The SMILES string of the molecule is Fc1c(Br)cc2c(c1C1CCNC1)OCCO2. The smallest absolute Gasteiger partial charge is 0.167 e. The fourth-order valence-corrected chi connectivity index (χ4v) is 2.84. The van der Waals surface area contributed by atoms with Crippen molar-refractivity contribution in [2.45, 2.75) is 12.3 Å². The average molecular weight is 302 g/mol. The van der Waals surface area contributed by atoms with Gasteiger partial charge in [0, 0.05) is 24.1 Å². The van der Waals surface area contributed by atoms with Crippen LogP contribution in [0.2, 0.25) is 0 Å². The number of benzene rings is 1. The van der Waals surface area contributed by atoms with E-state index in [2.05, 4.69) is 21.2 Å². The zero-order valence-electron chi connectivity index (χ0n) is 9.26. The summed E-state index contributed by atoms with van der Waals surface area (Å²) in [5, 5.41) is 3.25. The molecule has 2 heterocycles. The summed E-state index contributed by atoms with van der Waals surface area (Å²) in [4.78, 5) is 0. The Bertz CT molecular complexity index is 447. The third-order valence-corrected chi connectivity index (χ3v) is 3.81. The second kappa shape index (κ2) is 4.46. The van der Waals surface area contributed by atoms with Crippen LogP contribution in [-0.4, -0.2) is 26.3 Å². The second-order valence-corrected chi connectivity index (χ2v) is 5.15. The summed E-state index contributed by atoms with van der Waals surface area (Å²) in [5.74, 6) is 1.18. The Labute approximate surface area is 107 Å². The van der Waals surface area contributed by atoms with Crippen molar-refractivity contribution in [2.75, 3.05) is 26.3 Å². The van der Waals surface area contributed by atoms with Crippen LogP contribution in [-0.2, 0) is 0 Å². The predicted molar refractivity (Wildman–Crippen MR) is 65.3 cm³/mol. The molecule has 0 radical (unpaired) electrons. The monoisotopic (exact) mass is 301 g/mol. The van der Waals surface area contributed by atoms with Gasteiger partial charge in [-0.2, -0.15) is 0 Å². The first-order valence-corrected chi connectivity index (χ1v) is 6.55. The van der Waals surface area contributed by atoms with E-state index in [0.717, 1.165) is 19.5 Å². The average Bonchev–Trinajstić information content (AvgIpc) is 2.84. The fraction of sp³-hybridized carbons (Fsp3) is 0.500. The molecule has 1 saturated heterocycles. The van der Waals surface area contributed by atoms with Gasteiger partial charge in [-0.05, 0) is 28.9 Å². The number of nitrogens with one attached hydrogen (secondary N) is 1. The van der Waals surface area contributed by atoms with Crippen molar-refractivity contribution < 1.29 is 13.9 Å². The summed E-state index contributed by atoms with van der Waals surface area (Å²) >= 11 is 3.24. The maximum absolute atomic E-state index is 14.2. The van der Waals surface area contributed by atoms with E-state index < -0.39 is 0 Å². The second-order valence-electron chi connectivity index (χ2n) is 4.30. The highest BCUT2D eigenvalue weighted by Crippen LogP contribution is 2.44. The van der Waals surface area contributed by atoms with Gasteiger partial charge in [-0.25, -0.2) is 4.39 Å². The molecule has 2 aliphatic rings. The summed E-state index contributed by atoms with van der Waals surface area (Å²) in [7, 11) is 0. The van der Waals surface area contributed by atoms with E-state index in [-0.39, 0.29) is 11.7 Å². The van der Waals surface area contributed by atoms with Crippen molar-refractivity contribution in [2.24, 2.45) is 0 Å². The third kappa shape index (κ3) is 1.91. The largest absolute Gasteiger partial charge is 0.486 e. The van der Waals surface area contributed by atoms with Gasteiger partial charge in [-0.1, -0.05) is 0 Å². The van der Waals surface area contributed by atoms with Gasteiger partial charge >= 0.3 is 0 Å². The first-order valence-electron chi connectivity index (χ1n) is 5.75. The van der Waals surface area contributed by atoms with Crippen LogP contribution in [0.5, 0.6) is 11.5 Å². The Balaban J connectivity index is 2.12. The van der Waals surface area contributed by atoms with Gasteiger partial charge in [0.05, 0.1) is 4.47 Å². The summed E-state index contributed by atoms with van der Waals surface area (Å²) in [6.45, 7) is 2.73. The topological polar surface area (TPSA) is 30.5 Å². The maximum Gasteiger partial charge on any atom is 0.167 e. The summed E-state index contributed by atoms with van der Waals surface area (Å²) in [5.41, 5.74) is 0.652. The highest BCUT2D eigenvalue weighted by atomic mass is 79.9. The van der Waals surface area contributed by atoms with Crippen LogP contribution in [0.4, 0.5) is 4.39 Å². The molecule has 0 amide bonds. The third-order valence-electron chi connectivity index (χ3n) is 3.23. The molecule has 1 aromatic rings. The van der Waals surface area contributed by atoms with E-state index in [0.29, 0.717) is 34.7 Å². The molecule has 5 heteroatoms. The number of ether oxygens (including phenoxy) is 2. The van der Waals surface area contributed by atoms with Crippen LogP contribution in [0.25, 0.3) is 0 Å². The Morgan fingerprint density at radius 1 is 1.35 bits per heavy atom. The molecule has 0 aromatic heterocycles. The van der Waals surface area contributed by atoms with E-state index >= 15 is 0 Å². The lowest BCUT2D eigenvalue weighted by Crippen LogP contribution is -2.19. The normalized spacial score (nSPS) is 22.8.